The Morgan fingerprint density at radius 2 is 2.07 bits per heavy atom. The molecule has 8 heteroatoms. The average molecular weight is 367 g/mol. The highest BCUT2D eigenvalue weighted by atomic mass is 16.3. The lowest BCUT2D eigenvalue weighted by Crippen LogP contribution is -2.64. The van der Waals surface area contributed by atoms with E-state index in [9.17, 15) is 10.4 Å². The molecule has 2 atom stereocenters. The Morgan fingerprint density at radius 1 is 1.30 bits per heavy atom. The number of aryl methyl sites for hydroxylation is 1. The fraction of sp³-hybridized carbons (Fsp3) is 0.526. The van der Waals surface area contributed by atoms with E-state index in [-0.39, 0.29) is 11.5 Å². The van der Waals surface area contributed by atoms with E-state index in [4.69, 9.17) is 0 Å². The minimum absolute atomic E-state index is 0.0246. The summed E-state index contributed by atoms with van der Waals surface area (Å²) >= 11 is 0. The van der Waals surface area contributed by atoms with Crippen LogP contribution in [0.25, 0.3) is 0 Å². The molecule has 3 N–H and O–H groups in total. The number of hydrogen-bond acceptors (Lipinski definition) is 8. The summed E-state index contributed by atoms with van der Waals surface area (Å²) in [6.07, 6.45) is 6.23. The summed E-state index contributed by atoms with van der Waals surface area (Å²) in [4.78, 5) is 17.0. The zero-order valence-corrected chi connectivity index (χ0v) is 16.1. The molecule has 1 fully saturated rings. The van der Waals surface area contributed by atoms with Gasteiger partial charge in [-0.2, -0.15) is 10.2 Å². The number of nitriles is 1. The van der Waals surface area contributed by atoms with Crippen molar-refractivity contribution in [1.29, 1.82) is 5.26 Å². The number of hydrogen-bond donors (Lipinski definition) is 3. The first kappa shape index (κ1) is 19.0. The Morgan fingerprint density at radius 3 is 2.70 bits per heavy atom. The summed E-state index contributed by atoms with van der Waals surface area (Å²) in [7, 11) is 0. The summed E-state index contributed by atoms with van der Waals surface area (Å²) in [6.45, 7) is 8.38. The maximum Gasteiger partial charge on any atom is 0.224 e. The largest absolute Gasteiger partial charge is 0.389 e. The van der Waals surface area contributed by atoms with Gasteiger partial charge in [0.05, 0.1) is 11.8 Å². The molecule has 27 heavy (non-hydrogen) atoms. The van der Waals surface area contributed by atoms with Crippen molar-refractivity contribution >= 4 is 11.8 Å². The standard InChI is InChI=1S/C19H25N7O/c1-5-14-13(8-21-11-24-14)10-23-17-22-9-12(7-20)16(26-17)25-15-6-19(4,27)18(15,2)3/h8-9,11,15,27H,5-6,10H2,1-4H3,(H2,22,23,25,26)/t15-,19+/m0/s1. The van der Waals surface area contributed by atoms with Gasteiger partial charge < -0.3 is 15.7 Å². The molecule has 0 spiro atoms. The fourth-order valence-corrected chi connectivity index (χ4v) is 3.24. The number of nitrogens with zero attached hydrogens (tertiary/aromatic N) is 5. The van der Waals surface area contributed by atoms with Crippen molar-refractivity contribution in [3.05, 3.63) is 35.5 Å². The van der Waals surface area contributed by atoms with Gasteiger partial charge in [0.2, 0.25) is 5.95 Å². The molecule has 0 radical (unpaired) electrons. The molecular formula is C19H25N7O. The van der Waals surface area contributed by atoms with Gasteiger partial charge in [0.15, 0.2) is 0 Å². The maximum atomic E-state index is 10.4. The summed E-state index contributed by atoms with van der Waals surface area (Å²) in [5.74, 6) is 0.898. The molecule has 1 aliphatic rings. The Kier molecular flexibility index (Phi) is 4.98. The van der Waals surface area contributed by atoms with Crippen LogP contribution in [0.4, 0.5) is 11.8 Å². The van der Waals surface area contributed by atoms with Crippen LogP contribution in [0.3, 0.4) is 0 Å². The van der Waals surface area contributed by atoms with Gasteiger partial charge in [-0.05, 0) is 19.8 Å². The van der Waals surface area contributed by atoms with Crippen molar-refractivity contribution in [1.82, 2.24) is 19.9 Å². The molecule has 0 aliphatic heterocycles. The first-order chi connectivity index (χ1) is 12.8. The van der Waals surface area contributed by atoms with Crippen molar-refractivity contribution in [2.24, 2.45) is 5.41 Å². The van der Waals surface area contributed by atoms with E-state index < -0.39 is 5.60 Å². The molecule has 142 valence electrons. The van der Waals surface area contributed by atoms with Gasteiger partial charge in [-0.1, -0.05) is 20.8 Å². The molecule has 1 aliphatic carbocycles. The number of anilines is 2. The van der Waals surface area contributed by atoms with E-state index >= 15 is 0 Å². The van der Waals surface area contributed by atoms with Crippen LogP contribution >= 0.6 is 0 Å². The number of rotatable bonds is 6. The molecule has 3 rings (SSSR count). The topological polar surface area (TPSA) is 120 Å². The first-order valence-electron chi connectivity index (χ1n) is 9.06. The highest BCUT2D eigenvalue weighted by Crippen LogP contribution is 2.50. The molecule has 2 aromatic rings. The van der Waals surface area contributed by atoms with E-state index in [2.05, 4.69) is 36.6 Å². The van der Waals surface area contributed by atoms with Gasteiger partial charge >= 0.3 is 0 Å². The fourth-order valence-electron chi connectivity index (χ4n) is 3.24. The van der Waals surface area contributed by atoms with Gasteiger partial charge in [-0.15, -0.1) is 0 Å². The first-order valence-corrected chi connectivity index (χ1v) is 9.06. The number of aliphatic hydroxyl groups is 1. The van der Waals surface area contributed by atoms with Crippen molar-refractivity contribution < 1.29 is 5.11 Å². The van der Waals surface area contributed by atoms with Crippen molar-refractivity contribution in [2.45, 2.75) is 58.7 Å². The normalized spacial score (nSPS) is 23.2. The predicted molar refractivity (Wildman–Crippen MR) is 102 cm³/mol. The van der Waals surface area contributed by atoms with Gasteiger partial charge in [-0.25, -0.2) is 15.0 Å². The van der Waals surface area contributed by atoms with Crippen LogP contribution in [-0.4, -0.2) is 36.7 Å². The lowest BCUT2D eigenvalue weighted by Gasteiger charge is -2.57. The zero-order valence-electron chi connectivity index (χ0n) is 16.1. The van der Waals surface area contributed by atoms with Gasteiger partial charge in [0.25, 0.3) is 0 Å². The second-order valence-corrected chi connectivity index (χ2v) is 7.67. The van der Waals surface area contributed by atoms with Gasteiger partial charge in [-0.3, -0.25) is 0 Å². The molecule has 0 amide bonds. The quantitative estimate of drug-likeness (QED) is 0.711. The summed E-state index contributed by atoms with van der Waals surface area (Å²) in [6, 6.07) is 2.14. The van der Waals surface area contributed by atoms with E-state index in [1.807, 2.05) is 27.7 Å². The van der Waals surface area contributed by atoms with Crippen LogP contribution in [0.1, 0.15) is 50.9 Å². The van der Waals surface area contributed by atoms with Crippen LogP contribution < -0.4 is 10.6 Å². The minimum atomic E-state index is -0.741. The molecule has 0 bridgehead atoms. The van der Waals surface area contributed by atoms with E-state index in [0.29, 0.717) is 30.3 Å². The van der Waals surface area contributed by atoms with Crippen LogP contribution in [0.15, 0.2) is 18.7 Å². The third-order valence-corrected chi connectivity index (χ3v) is 5.73. The summed E-state index contributed by atoms with van der Waals surface area (Å²) in [5, 5.41) is 26.2. The highest BCUT2D eigenvalue weighted by molar-refractivity contribution is 5.55. The second kappa shape index (κ2) is 7.08. The second-order valence-electron chi connectivity index (χ2n) is 7.67. The summed E-state index contributed by atoms with van der Waals surface area (Å²) in [5.41, 5.74) is 1.27. The van der Waals surface area contributed by atoms with Crippen LogP contribution in [-0.2, 0) is 13.0 Å². The zero-order chi connectivity index (χ0) is 19.7. The van der Waals surface area contributed by atoms with E-state index in [1.165, 1.54) is 12.5 Å². The minimum Gasteiger partial charge on any atom is -0.389 e. The SMILES string of the molecule is CCc1ncncc1CNc1ncc(C#N)c(N[C@H]2C[C@@](C)(O)C2(C)C)n1. The Balaban J connectivity index is 1.75. The molecule has 0 aromatic carbocycles. The van der Waals surface area contributed by atoms with Crippen molar-refractivity contribution in [3.63, 3.8) is 0 Å². The monoisotopic (exact) mass is 367 g/mol. The smallest absolute Gasteiger partial charge is 0.224 e. The molecule has 1 saturated carbocycles. The van der Waals surface area contributed by atoms with Crippen molar-refractivity contribution in [3.8, 4) is 6.07 Å². The number of aromatic nitrogens is 4. The third kappa shape index (κ3) is 3.55. The van der Waals surface area contributed by atoms with Crippen LogP contribution in [0.2, 0.25) is 0 Å². The Bertz CT molecular complexity index is 873. The highest BCUT2D eigenvalue weighted by Gasteiger charge is 2.56. The van der Waals surface area contributed by atoms with Crippen LogP contribution in [0, 0.1) is 16.7 Å². The van der Waals surface area contributed by atoms with E-state index in [0.717, 1.165) is 17.7 Å². The molecule has 2 heterocycles. The number of nitrogens with one attached hydrogen (secondary N) is 2. The molecule has 8 nitrogen and oxygen atoms in total. The molecule has 0 saturated heterocycles. The molecular weight excluding hydrogens is 342 g/mol. The lowest BCUT2D eigenvalue weighted by molar-refractivity contribution is -0.142. The average Bonchev–Trinajstić information content (AvgIpc) is 2.66. The maximum absolute atomic E-state index is 10.4. The van der Waals surface area contributed by atoms with E-state index in [1.54, 1.807) is 6.20 Å². The lowest BCUT2D eigenvalue weighted by atomic mass is 9.56. The third-order valence-electron chi connectivity index (χ3n) is 5.73. The molecule has 0 unspecified atom stereocenters. The van der Waals surface area contributed by atoms with Crippen LogP contribution in [0.5, 0.6) is 0 Å². The molecule has 2 aromatic heterocycles. The summed E-state index contributed by atoms with van der Waals surface area (Å²) < 4.78 is 0. The van der Waals surface area contributed by atoms with Crippen molar-refractivity contribution in [2.75, 3.05) is 10.6 Å². The van der Waals surface area contributed by atoms with Gasteiger partial charge in [0.1, 0.15) is 23.8 Å². The Labute approximate surface area is 159 Å². The van der Waals surface area contributed by atoms with Gasteiger partial charge in [0, 0.05) is 35.5 Å². The Hall–Kier alpha value is -2.79. The predicted octanol–water partition coefficient (Wildman–Crippen LogP) is 2.27.